The molecule has 1 unspecified atom stereocenters. The van der Waals surface area contributed by atoms with E-state index in [1.54, 1.807) is 6.08 Å². The predicted octanol–water partition coefficient (Wildman–Crippen LogP) is 2.67. The van der Waals surface area contributed by atoms with Gasteiger partial charge in [0.2, 0.25) is 0 Å². The van der Waals surface area contributed by atoms with E-state index in [0.29, 0.717) is 45.3 Å². The highest BCUT2D eigenvalue weighted by Crippen LogP contribution is 2.36. The first-order valence-electron chi connectivity index (χ1n) is 10.1. The van der Waals surface area contributed by atoms with Crippen molar-refractivity contribution in [3.63, 3.8) is 0 Å². The molecule has 1 saturated carbocycles. The minimum absolute atomic E-state index is 0.0972. The first-order valence-corrected chi connectivity index (χ1v) is 10.1. The number of ether oxygens (including phenoxy) is 1. The lowest BCUT2D eigenvalue weighted by Gasteiger charge is -2.19. The van der Waals surface area contributed by atoms with Crippen molar-refractivity contribution in [3.05, 3.63) is 24.3 Å². The number of rotatable bonds is 14. The summed E-state index contributed by atoms with van der Waals surface area (Å²) < 4.78 is 5.45. The predicted molar refractivity (Wildman–Crippen MR) is 104 cm³/mol. The number of aliphatic hydroxyl groups is 3. The molecular formula is C21H36O6. The third-order valence-electron chi connectivity index (χ3n) is 5.01. The van der Waals surface area contributed by atoms with Gasteiger partial charge in [0.1, 0.15) is 0 Å². The summed E-state index contributed by atoms with van der Waals surface area (Å²) in [6.07, 6.45) is 10.6. The summed E-state index contributed by atoms with van der Waals surface area (Å²) in [6.45, 7) is 3.31. The number of hydrogen-bond acceptors (Lipinski definition) is 5. The molecule has 0 heterocycles. The molecule has 4 N–H and O–H groups in total. The molecule has 1 aliphatic rings. The Morgan fingerprint density at radius 3 is 2.67 bits per heavy atom. The van der Waals surface area contributed by atoms with E-state index in [-0.39, 0.29) is 18.3 Å². The lowest BCUT2D eigenvalue weighted by atomic mass is 9.89. The first kappa shape index (κ1) is 23.8. The Hall–Kier alpha value is -1.21. The Labute approximate surface area is 162 Å². The summed E-state index contributed by atoms with van der Waals surface area (Å²) in [7, 11) is 0. The Morgan fingerprint density at radius 1 is 1.19 bits per heavy atom. The van der Waals surface area contributed by atoms with Gasteiger partial charge in [-0.25, -0.2) is 0 Å². The third kappa shape index (κ3) is 10.1. The molecule has 6 nitrogen and oxygen atoms in total. The van der Waals surface area contributed by atoms with Crippen molar-refractivity contribution >= 4 is 5.97 Å². The van der Waals surface area contributed by atoms with Crippen LogP contribution < -0.4 is 0 Å². The minimum Gasteiger partial charge on any atom is -0.481 e. The van der Waals surface area contributed by atoms with Crippen molar-refractivity contribution in [3.8, 4) is 0 Å². The van der Waals surface area contributed by atoms with Gasteiger partial charge in [-0.05, 0) is 31.6 Å². The van der Waals surface area contributed by atoms with Crippen LogP contribution in [-0.4, -0.2) is 57.9 Å². The number of carbonyl (C=O) groups is 1. The maximum Gasteiger partial charge on any atom is 0.303 e. The van der Waals surface area contributed by atoms with Crippen LogP contribution in [0.15, 0.2) is 24.3 Å². The number of carboxylic acid groups (broad SMARTS) is 1. The zero-order valence-electron chi connectivity index (χ0n) is 16.4. The van der Waals surface area contributed by atoms with E-state index in [1.807, 2.05) is 18.2 Å². The van der Waals surface area contributed by atoms with Crippen molar-refractivity contribution in [2.24, 2.45) is 11.8 Å². The van der Waals surface area contributed by atoms with Gasteiger partial charge >= 0.3 is 5.97 Å². The standard InChI is InChI=1S/C21H36O6/c1-2-3-13-27-14-12-16(22)10-11-18-17(19(23)15-20(18)24)8-6-4-5-7-9-21(25)26/h4,6,10-11,16-20,22-24H,2-3,5,7-9,12-15H2,1H3,(H,25,26)/b6-4-,11-10+/t16?,17-,18-,19+,20-/m1/s1. The molecule has 27 heavy (non-hydrogen) atoms. The van der Waals surface area contributed by atoms with Gasteiger partial charge in [-0.15, -0.1) is 0 Å². The highest BCUT2D eigenvalue weighted by molar-refractivity contribution is 5.66. The van der Waals surface area contributed by atoms with Gasteiger partial charge < -0.3 is 25.2 Å². The molecule has 1 aliphatic carbocycles. The van der Waals surface area contributed by atoms with Crippen LogP contribution in [0.1, 0.15) is 58.3 Å². The maximum atomic E-state index is 10.5. The zero-order valence-corrected chi connectivity index (χ0v) is 16.4. The molecule has 0 aromatic carbocycles. The smallest absolute Gasteiger partial charge is 0.303 e. The summed E-state index contributed by atoms with van der Waals surface area (Å²) in [4.78, 5) is 10.5. The van der Waals surface area contributed by atoms with Crippen molar-refractivity contribution in [2.75, 3.05) is 13.2 Å². The van der Waals surface area contributed by atoms with Gasteiger partial charge in [-0.3, -0.25) is 4.79 Å². The van der Waals surface area contributed by atoms with Crippen LogP contribution in [-0.2, 0) is 9.53 Å². The van der Waals surface area contributed by atoms with Gasteiger partial charge in [0, 0.05) is 38.4 Å². The van der Waals surface area contributed by atoms with E-state index in [0.717, 1.165) is 12.8 Å². The number of carboxylic acids is 1. The average molecular weight is 385 g/mol. The summed E-state index contributed by atoms with van der Waals surface area (Å²) in [5.41, 5.74) is 0. The molecule has 6 heteroatoms. The lowest BCUT2D eigenvalue weighted by Crippen LogP contribution is -2.20. The SMILES string of the molecule is CCCCOCCC(O)/C=C/[C@@H]1[C@@H](C/C=C\CCCC(=O)O)[C@@H](O)C[C@H]1O. The van der Waals surface area contributed by atoms with Crippen LogP contribution in [0.5, 0.6) is 0 Å². The van der Waals surface area contributed by atoms with Gasteiger partial charge in [0.25, 0.3) is 0 Å². The average Bonchev–Trinajstić information content (AvgIpc) is 2.88. The molecule has 5 atom stereocenters. The van der Waals surface area contributed by atoms with Crippen molar-refractivity contribution in [1.82, 2.24) is 0 Å². The zero-order chi connectivity index (χ0) is 20.1. The van der Waals surface area contributed by atoms with Crippen molar-refractivity contribution in [1.29, 1.82) is 0 Å². The third-order valence-corrected chi connectivity index (χ3v) is 5.01. The molecule has 0 radical (unpaired) electrons. The molecule has 0 aromatic heterocycles. The molecule has 0 bridgehead atoms. The van der Waals surface area contributed by atoms with E-state index in [1.165, 1.54) is 0 Å². The Bertz CT molecular complexity index is 462. The number of hydrogen-bond donors (Lipinski definition) is 4. The number of allylic oxidation sites excluding steroid dienone is 2. The number of aliphatic hydroxyl groups excluding tert-OH is 3. The summed E-state index contributed by atoms with van der Waals surface area (Å²) in [5.74, 6) is -1.09. The molecule has 0 saturated heterocycles. The maximum absolute atomic E-state index is 10.5. The normalized spacial score (nSPS) is 27.0. The summed E-state index contributed by atoms with van der Waals surface area (Å²) in [6, 6.07) is 0. The second-order valence-corrected chi connectivity index (χ2v) is 7.31. The monoisotopic (exact) mass is 384 g/mol. The highest BCUT2D eigenvalue weighted by Gasteiger charge is 2.39. The van der Waals surface area contributed by atoms with Crippen LogP contribution in [0.3, 0.4) is 0 Å². The van der Waals surface area contributed by atoms with E-state index in [9.17, 15) is 20.1 Å². The molecule has 1 rings (SSSR count). The number of aliphatic carboxylic acids is 1. The fourth-order valence-electron chi connectivity index (χ4n) is 3.35. The largest absolute Gasteiger partial charge is 0.481 e. The fraction of sp³-hybridized carbons (Fsp3) is 0.762. The summed E-state index contributed by atoms with van der Waals surface area (Å²) >= 11 is 0. The molecule has 0 aromatic rings. The second-order valence-electron chi connectivity index (χ2n) is 7.31. The fourth-order valence-corrected chi connectivity index (χ4v) is 3.35. The van der Waals surface area contributed by atoms with Gasteiger partial charge in [-0.1, -0.05) is 37.6 Å². The second kappa shape index (κ2) is 13.9. The van der Waals surface area contributed by atoms with Gasteiger partial charge in [0.15, 0.2) is 0 Å². The van der Waals surface area contributed by atoms with Gasteiger partial charge in [0.05, 0.1) is 18.3 Å². The minimum atomic E-state index is -0.794. The van der Waals surface area contributed by atoms with Crippen molar-refractivity contribution < 1.29 is 30.0 Å². The molecular weight excluding hydrogens is 348 g/mol. The Kier molecular flexibility index (Phi) is 12.3. The lowest BCUT2D eigenvalue weighted by molar-refractivity contribution is -0.137. The molecule has 0 spiro atoms. The molecule has 0 amide bonds. The molecule has 0 aliphatic heterocycles. The van der Waals surface area contributed by atoms with Crippen LogP contribution >= 0.6 is 0 Å². The highest BCUT2D eigenvalue weighted by atomic mass is 16.5. The molecule has 1 fully saturated rings. The van der Waals surface area contributed by atoms with Crippen molar-refractivity contribution in [2.45, 2.75) is 76.6 Å². The van der Waals surface area contributed by atoms with Gasteiger partial charge in [-0.2, -0.15) is 0 Å². The van der Waals surface area contributed by atoms with Crippen LogP contribution in [0, 0.1) is 11.8 Å². The quantitative estimate of drug-likeness (QED) is 0.271. The molecule has 156 valence electrons. The topological polar surface area (TPSA) is 107 Å². The van der Waals surface area contributed by atoms with Crippen LogP contribution in [0.25, 0.3) is 0 Å². The summed E-state index contributed by atoms with van der Waals surface area (Å²) in [5, 5.41) is 39.1. The Balaban J connectivity index is 2.41. The van der Waals surface area contributed by atoms with Crippen LogP contribution in [0.2, 0.25) is 0 Å². The van der Waals surface area contributed by atoms with E-state index < -0.39 is 24.3 Å². The number of unbranched alkanes of at least 4 members (excludes halogenated alkanes) is 2. The van der Waals surface area contributed by atoms with Crippen LogP contribution in [0.4, 0.5) is 0 Å². The van der Waals surface area contributed by atoms with E-state index >= 15 is 0 Å². The Morgan fingerprint density at radius 2 is 1.96 bits per heavy atom. The van der Waals surface area contributed by atoms with E-state index in [4.69, 9.17) is 9.84 Å². The van der Waals surface area contributed by atoms with E-state index in [2.05, 4.69) is 6.92 Å². The first-order chi connectivity index (χ1) is 13.0.